The predicted octanol–water partition coefficient (Wildman–Crippen LogP) is 7.27. The molecule has 2 aromatic carbocycles. The first-order chi connectivity index (χ1) is 20.6. The molecule has 232 valence electrons. The maximum absolute atomic E-state index is 10.7. The Balaban J connectivity index is 1.54. The van der Waals surface area contributed by atoms with Crippen LogP contribution in [0.25, 0.3) is 0 Å². The fourth-order valence-corrected chi connectivity index (χ4v) is 6.16. The van der Waals surface area contributed by atoms with Gasteiger partial charge in [-0.2, -0.15) is 5.26 Å². The number of benzene rings is 2. The zero-order chi connectivity index (χ0) is 30.9. The van der Waals surface area contributed by atoms with Gasteiger partial charge in [0.05, 0.1) is 43.7 Å². The monoisotopic (exact) mass is 589 g/mol. The highest BCUT2D eigenvalue weighted by Crippen LogP contribution is 2.44. The number of hydrogen-bond donors (Lipinski definition) is 0. The van der Waals surface area contributed by atoms with Crippen molar-refractivity contribution in [3.05, 3.63) is 97.1 Å². The lowest BCUT2D eigenvalue weighted by Crippen LogP contribution is -2.59. The van der Waals surface area contributed by atoms with E-state index < -0.39 is 23.3 Å². The van der Waals surface area contributed by atoms with Gasteiger partial charge in [0, 0.05) is 25.4 Å². The average Bonchev–Trinajstić information content (AvgIpc) is 2.96. The summed E-state index contributed by atoms with van der Waals surface area (Å²) >= 11 is 0. The van der Waals surface area contributed by atoms with E-state index in [4.69, 9.17) is 28.4 Å². The van der Waals surface area contributed by atoms with E-state index in [0.717, 1.165) is 11.1 Å². The van der Waals surface area contributed by atoms with Crippen molar-refractivity contribution >= 4 is 0 Å². The third-order valence-corrected chi connectivity index (χ3v) is 7.92. The fourth-order valence-electron chi connectivity index (χ4n) is 6.16. The molecule has 2 saturated heterocycles. The number of nitriles is 1. The van der Waals surface area contributed by atoms with Crippen LogP contribution in [-0.4, -0.2) is 48.2 Å². The Bertz CT molecular complexity index is 1210. The number of hydrogen-bond acceptors (Lipinski definition) is 7. The van der Waals surface area contributed by atoms with Crippen LogP contribution >= 0.6 is 0 Å². The highest BCUT2D eigenvalue weighted by atomic mass is 16.7. The molecule has 0 N–H and O–H groups in total. The first kappa shape index (κ1) is 33.1. The van der Waals surface area contributed by atoms with Gasteiger partial charge in [-0.3, -0.25) is 0 Å². The van der Waals surface area contributed by atoms with Crippen molar-refractivity contribution in [2.24, 2.45) is 5.92 Å². The van der Waals surface area contributed by atoms with Crippen LogP contribution in [0, 0.1) is 17.2 Å². The predicted molar refractivity (Wildman–Crippen MR) is 166 cm³/mol. The second kappa shape index (κ2) is 14.8. The van der Waals surface area contributed by atoms with Crippen molar-refractivity contribution < 1.29 is 28.4 Å². The van der Waals surface area contributed by atoms with E-state index in [1.807, 2.05) is 101 Å². The molecule has 0 saturated carbocycles. The average molecular weight is 590 g/mol. The van der Waals surface area contributed by atoms with Crippen molar-refractivity contribution in [2.45, 2.75) is 108 Å². The molecule has 2 fully saturated rings. The maximum atomic E-state index is 10.7. The Morgan fingerprint density at radius 1 is 0.907 bits per heavy atom. The van der Waals surface area contributed by atoms with Crippen LogP contribution in [0.1, 0.15) is 64.5 Å². The molecule has 0 radical (unpaired) electrons. The summed E-state index contributed by atoms with van der Waals surface area (Å²) in [6.45, 7) is 16.9. The summed E-state index contributed by atoms with van der Waals surface area (Å²) in [5.74, 6) is -1.99. The van der Waals surface area contributed by atoms with E-state index in [2.05, 4.69) is 19.2 Å². The summed E-state index contributed by atoms with van der Waals surface area (Å²) in [6.07, 6.45) is 4.35. The summed E-state index contributed by atoms with van der Waals surface area (Å²) < 4.78 is 38.1. The van der Waals surface area contributed by atoms with Crippen LogP contribution in [0.2, 0.25) is 0 Å². The van der Waals surface area contributed by atoms with E-state index in [1.165, 1.54) is 0 Å². The van der Waals surface area contributed by atoms with Gasteiger partial charge in [0.1, 0.15) is 0 Å². The Labute approximate surface area is 257 Å². The van der Waals surface area contributed by atoms with Gasteiger partial charge in [0.15, 0.2) is 17.2 Å². The second-order valence-corrected chi connectivity index (χ2v) is 12.4. The van der Waals surface area contributed by atoms with Crippen LogP contribution in [0.15, 0.2) is 86.0 Å². The summed E-state index contributed by atoms with van der Waals surface area (Å²) in [7, 11) is 0. The third-order valence-electron chi connectivity index (χ3n) is 7.92. The molecular formula is C36H47NO6. The minimum absolute atomic E-state index is 0.138. The van der Waals surface area contributed by atoms with Gasteiger partial charge in [-0.25, -0.2) is 0 Å². The number of rotatable bonds is 14. The maximum Gasteiger partial charge on any atom is 0.165 e. The first-order valence-corrected chi connectivity index (χ1v) is 15.2. The normalized spacial score (nSPS) is 28.8. The Morgan fingerprint density at radius 2 is 1.53 bits per heavy atom. The number of nitrogens with zero attached hydrogens (tertiary/aromatic N) is 1. The smallest absolute Gasteiger partial charge is 0.165 e. The lowest BCUT2D eigenvalue weighted by Gasteiger charge is -2.50. The van der Waals surface area contributed by atoms with Crippen LogP contribution in [0.4, 0.5) is 0 Å². The molecule has 2 aliphatic rings. The molecule has 0 aliphatic carbocycles. The molecule has 0 bridgehead atoms. The van der Waals surface area contributed by atoms with Gasteiger partial charge < -0.3 is 28.4 Å². The Morgan fingerprint density at radius 3 is 2.14 bits per heavy atom. The Kier molecular flexibility index (Phi) is 11.4. The van der Waals surface area contributed by atoms with E-state index in [9.17, 15) is 5.26 Å². The van der Waals surface area contributed by atoms with Crippen molar-refractivity contribution in [3.8, 4) is 6.07 Å². The van der Waals surface area contributed by atoms with Crippen molar-refractivity contribution in [3.63, 3.8) is 0 Å². The molecule has 6 atom stereocenters. The van der Waals surface area contributed by atoms with Gasteiger partial charge in [-0.1, -0.05) is 72.8 Å². The summed E-state index contributed by atoms with van der Waals surface area (Å²) in [5.41, 5.74) is 1.00. The number of ether oxygens (including phenoxy) is 6. The van der Waals surface area contributed by atoms with Crippen LogP contribution in [0.5, 0.6) is 0 Å². The van der Waals surface area contributed by atoms with Crippen molar-refractivity contribution in [2.75, 3.05) is 6.61 Å². The molecule has 0 unspecified atom stereocenters. The highest BCUT2D eigenvalue weighted by Gasteiger charge is 2.52. The van der Waals surface area contributed by atoms with Gasteiger partial charge >= 0.3 is 0 Å². The molecular weight excluding hydrogens is 542 g/mol. The summed E-state index contributed by atoms with van der Waals surface area (Å²) in [4.78, 5) is 0. The molecule has 2 aromatic rings. The SMILES string of the molecule is C=CC[C@@H]1OC(C)(C)O[C@@H](C[C@]2(C#N)C[C@H]([C@@H](CCOCc3ccccc3)OCc3ccccc3)OC(C)(C)O2)[C@H]1C=C. The minimum atomic E-state index is -1.18. The second-order valence-electron chi connectivity index (χ2n) is 12.4. The van der Waals surface area contributed by atoms with Crippen LogP contribution in [0.3, 0.4) is 0 Å². The molecule has 7 heteroatoms. The minimum Gasteiger partial charge on any atom is -0.377 e. The zero-order valence-electron chi connectivity index (χ0n) is 26.1. The molecule has 0 aromatic heterocycles. The van der Waals surface area contributed by atoms with Gasteiger partial charge in [-0.05, 0) is 51.7 Å². The molecule has 0 spiro atoms. The van der Waals surface area contributed by atoms with Crippen LogP contribution < -0.4 is 0 Å². The molecule has 2 aliphatic heterocycles. The Hall–Kier alpha value is -2.83. The highest BCUT2D eigenvalue weighted by molar-refractivity contribution is 5.15. The zero-order valence-corrected chi connectivity index (χ0v) is 26.1. The van der Waals surface area contributed by atoms with Gasteiger partial charge in [-0.15, -0.1) is 13.2 Å². The third kappa shape index (κ3) is 9.33. The topological polar surface area (TPSA) is 79.2 Å². The lowest BCUT2D eigenvalue weighted by molar-refractivity contribution is -0.354. The van der Waals surface area contributed by atoms with E-state index in [1.54, 1.807) is 0 Å². The largest absolute Gasteiger partial charge is 0.377 e. The fraction of sp³-hybridized carbons (Fsp3) is 0.528. The van der Waals surface area contributed by atoms with Crippen LogP contribution in [-0.2, 0) is 41.6 Å². The lowest BCUT2D eigenvalue weighted by atomic mass is 9.80. The van der Waals surface area contributed by atoms with Crippen molar-refractivity contribution in [1.82, 2.24) is 0 Å². The molecule has 2 heterocycles. The first-order valence-electron chi connectivity index (χ1n) is 15.2. The van der Waals surface area contributed by atoms with Gasteiger partial charge in [0.25, 0.3) is 0 Å². The quantitative estimate of drug-likeness (QED) is 0.169. The van der Waals surface area contributed by atoms with E-state index in [0.29, 0.717) is 45.5 Å². The summed E-state index contributed by atoms with van der Waals surface area (Å²) in [6, 6.07) is 22.7. The van der Waals surface area contributed by atoms with Gasteiger partial charge in [0.2, 0.25) is 0 Å². The van der Waals surface area contributed by atoms with E-state index in [-0.39, 0.29) is 24.2 Å². The standard InChI is InChI=1S/C36H47NO6/c1-7-15-30-29(8-2)32(41-34(3,4)40-30)22-36(26-37)23-33(42-35(5,6)43-36)31(39-25-28-18-13-10-14-19-28)20-21-38-24-27-16-11-9-12-17-27/h7-14,16-19,29-33H,1-2,15,20-25H2,3-6H3/t29-,30-,31+,32-,33+,36+/m0/s1. The molecule has 4 rings (SSSR count). The summed E-state index contributed by atoms with van der Waals surface area (Å²) in [5, 5.41) is 10.7. The van der Waals surface area contributed by atoms with Crippen molar-refractivity contribution in [1.29, 1.82) is 5.26 Å². The molecule has 43 heavy (non-hydrogen) atoms. The molecule has 0 amide bonds. The van der Waals surface area contributed by atoms with E-state index >= 15 is 0 Å². The molecule has 7 nitrogen and oxygen atoms in total.